The average molecular weight is 386 g/mol. The lowest BCUT2D eigenvalue weighted by atomic mass is 10.2. The lowest BCUT2D eigenvalue weighted by molar-refractivity contribution is 0.481. The van der Waals surface area contributed by atoms with Crippen molar-refractivity contribution in [3.63, 3.8) is 0 Å². The first-order chi connectivity index (χ1) is 11.4. The number of benzene rings is 2. The van der Waals surface area contributed by atoms with Crippen molar-refractivity contribution in [2.75, 3.05) is 11.5 Å². The third-order valence-electron chi connectivity index (χ3n) is 3.13. The number of anilines is 2. The van der Waals surface area contributed by atoms with Crippen LogP contribution in [0.15, 0.2) is 50.4 Å². The highest BCUT2D eigenvalue weighted by Gasteiger charge is 2.18. The molecule has 0 bridgehead atoms. The molecule has 0 aromatic heterocycles. The second kappa shape index (κ2) is 6.40. The van der Waals surface area contributed by atoms with Gasteiger partial charge in [0.05, 0.1) is 11.4 Å². The van der Waals surface area contributed by atoms with Crippen LogP contribution in [-0.2, 0) is 20.2 Å². The van der Waals surface area contributed by atoms with Crippen LogP contribution in [0.2, 0.25) is 0 Å². The first-order valence-corrected chi connectivity index (χ1v) is 9.44. The molecule has 0 amide bonds. The number of hydrogen-bond acceptors (Lipinski definition) is 8. The van der Waals surface area contributed by atoms with Crippen LogP contribution in [-0.4, -0.2) is 25.9 Å². The van der Waals surface area contributed by atoms with Crippen LogP contribution in [0.3, 0.4) is 0 Å². The van der Waals surface area contributed by atoms with Crippen LogP contribution in [0.4, 0.5) is 22.7 Å². The van der Waals surface area contributed by atoms with E-state index in [2.05, 4.69) is 10.2 Å². The van der Waals surface area contributed by atoms with E-state index < -0.39 is 30.0 Å². The summed E-state index contributed by atoms with van der Waals surface area (Å²) >= 11 is 0. The second-order valence-electron chi connectivity index (χ2n) is 5.05. The van der Waals surface area contributed by atoms with Gasteiger partial charge in [0.15, 0.2) is 0 Å². The van der Waals surface area contributed by atoms with Crippen LogP contribution in [0, 0.1) is 6.92 Å². The summed E-state index contributed by atoms with van der Waals surface area (Å²) < 4.78 is 63.7. The van der Waals surface area contributed by atoms with Gasteiger partial charge in [-0.1, -0.05) is 0 Å². The molecule has 0 aliphatic carbocycles. The van der Waals surface area contributed by atoms with E-state index in [4.69, 9.17) is 16.0 Å². The minimum Gasteiger partial charge on any atom is -0.399 e. The lowest BCUT2D eigenvalue weighted by Gasteiger charge is -2.07. The molecule has 0 radical (unpaired) electrons. The molecule has 0 heterocycles. The number of nitrogens with two attached hydrogens (primary N) is 2. The SMILES string of the molecule is Cc1cc(N)c(S(=O)(=O)O)cc1N=Nc1ccc(N)cc1S(=O)(=O)O. The third-order valence-corrected chi connectivity index (χ3v) is 4.93. The number of nitrogens with zero attached hydrogens (tertiary/aromatic N) is 2. The van der Waals surface area contributed by atoms with Gasteiger partial charge in [0, 0.05) is 5.69 Å². The zero-order valence-corrected chi connectivity index (χ0v) is 14.4. The molecule has 6 N–H and O–H groups in total. The molecule has 134 valence electrons. The van der Waals surface area contributed by atoms with E-state index in [1.54, 1.807) is 6.92 Å². The van der Waals surface area contributed by atoms with E-state index in [1.165, 1.54) is 18.2 Å². The monoisotopic (exact) mass is 386 g/mol. The third kappa shape index (κ3) is 4.30. The Morgan fingerprint density at radius 2 is 1.40 bits per heavy atom. The maximum Gasteiger partial charge on any atom is 0.296 e. The summed E-state index contributed by atoms with van der Waals surface area (Å²) in [5, 5.41) is 7.48. The predicted molar refractivity (Wildman–Crippen MR) is 90.3 cm³/mol. The van der Waals surface area contributed by atoms with E-state index >= 15 is 0 Å². The summed E-state index contributed by atoms with van der Waals surface area (Å²) in [6.07, 6.45) is 0. The van der Waals surface area contributed by atoms with E-state index in [0.29, 0.717) is 5.56 Å². The molecule has 0 spiro atoms. The minimum atomic E-state index is -4.60. The normalized spacial score (nSPS) is 12.6. The smallest absolute Gasteiger partial charge is 0.296 e. The van der Waals surface area contributed by atoms with Gasteiger partial charge < -0.3 is 11.5 Å². The molecular formula is C13H14N4O6S2. The van der Waals surface area contributed by atoms with Crippen LogP contribution in [0.1, 0.15) is 5.56 Å². The standard InChI is InChI=1S/C13H14N4O6S2/c1-7-4-9(15)12(24(18,19)20)6-11(7)17-16-10-3-2-8(14)5-13(10)25(21,22)23/h2-6H,14-15H2,1H3,(H,18,19,20)(H,21,22,23). The predicted octanol–water partition coefficient (Wildman–Crippen LogP) is 2.07. The number of nitrogen functional groups attached to an aromatic ring is 2. The summed E-state index contributed by atoms with van der Waals surface area (Å²) in [6, 6.07) is 5.84. The molecular weight excluding hydrogens is 372 g/mol. The molecule has 0 aliphatic rings. The Bertz CT molecular complexity index is 1080. The van der Waals surface area contributed by atoms with Crippen LogP contribution >= 0.6 is 0 Å². The van der Waals surface area contributed by atoms with Crippen molar-refractivity contribution in [3.05, 3.63) is 35.9 Å². The highest BCUT2D eigenvalue weighted by atomic mass is 32.2. The van der Waals surface area contributed by atoms with Gasteiger partial charge in [0.25, 0.3) is 20.2 Å². The van der Waals surface area contributed by atoms with Crippen molar-refractivity contribution >= 4 is 43.0 Å². The Morgan fingerprint density at radius 1 is 0.840 bits per heavy atom. The van der Waals surface area contributed by atoms with Gasteiger partial charge in [-0.05, 0) is 42.8 Å². The molecule has 0 saturated carbocycles. The van der Waals surface area contributed by atoms with Gasteiger partial charge in [0.1, 0.15) is 15.5 Å². The highest BCUT2D eigenvalue weighted by Crippen LogP contribution is 2.32. The molecule has 2 aromatic carbocycles. The zero-order chi connectivity index (χ0) is 19.0. The first kappa shape index (κ1) is 18.8. The Balaban J connectivity index is 2.58. The van der Waals surface area contributed by atoms with Gasteiger partial charge in [-0.15, -0.1) is 5.11 Å². The summed E-state index contributed by atoms with van der Waals surface area (Å²) in [5.74, 6) is 0. The van der Waals surface area contributed by atoms with Crippen molar-refractivity contribution in [3.8, 4) is 0 Å². The number of rotatable bonds is 4. The largest absolute Gasteiger partial charge is 0.399 e. The fourth-order valence-corrected chi connectivity index (χ4v) is 3.23. The summed E-state index contributed by atoms with van der Waals surface area (Å²) in [5.41, 5.74) is 11.2. The van der Waals surface area contributed by atoms with Crippen molar-refractivity contribution in [1.29, 1.82) is 0 Å². The molecule has 0 atom stereocenters. The van der Waals surface area contributed by atoms with E-state index in [-0.39, 0.29) is 22.7 Å². The van der Waals surface area contributed by atoms with Crippen molar-refractivity contribution in [1.82, 2.24) is 0 Å². The average Bonchev–Trinajstić information content (AvgIpc) is 2.45. The Hall–Kier alpha value is -2.54. The summed E-state index contributed by atoms with van der Waals surface area (Å²) in [4.78, 5) is -1.11. The molecule has 0 saturated heterocycles. The number of aryl methyl sites for hydroxylation is 1. The quantitative estimate of drug-likeness (QED) is 0.349. The Kier molecular flexibility index (Phi) is 4.81. The molecule has 25 heavy (non-hydrogen) atoms. The Morgan fingerprint density at radius 3 is 1.96 bits per heavy atom. The fraction of sp³-hybridized carbons (Fsp3) is 0.0769. The lowest BCUT2D eigenvalue weighted by Crippen LogP contribution is -2.03. The van der Waals surface area contributed by atoms with Gasteiger partial charge in [-0.3, -0.25) is 9.11 Å². The molecule has 2 rings (SSSR count). The van der Waals surface area contributed by atoms with Crippen molar-refractivity contribution in [2.24, 2.45) is 10.2 Å². The maximum absolute atomic E-state index is 11.4. The zero-order valence-electron chi connectivity index (χ0n) is 12.8. The molecule has 0 unspecified atom stereocenters. The van der Waals surface area contributed by atoms with E-state index in [0.717, 1.165) is 12.1 Å². The summed E-state index contributed by atoms with van der Waals surface area (Å²) in [6.45, 7) is 1.56. The molecule has 10 nitrogen and oxygen atoms in total. The summed E-state index contributed by atoms with van der Waals surface area (Å²) in [7, 11) is -9.17. The van der Waals surface area contributed by atoms with Gasteiger partial charge in [-0.2, -0.15) is 21.9 Å². The minimum absolute atomic E-state index is 0.0277. The van der Waals surface area contributed by atoms with E-state index in [9.17, 15) is 21.4 Å². The van der Waals surface area contributed by atoms with Gasteiger partial charge >= 0.3 is 0 Å². The van der Waals surface area contributed by atoms with Crippen molar-refractivity contribution in [2.45, 2.75) is 16.7 Å². The van der Waals surface area contributed by atoms with Gasteiger partial charge in [-0.25, -0.2) is 0 Å². The first-order valence-electron chi connectivity index (χ1n) is 6.56. The topological polar surface area (TPSA) is 185 Å². The van der Waals surface area contributed by atoms with Crippen LogP contribution in [0.5, 0.6) is 0 Å². The molecule has 0 fully saturated rings. The number of hydrogen-bond donors (Lipinski definition) is 4. The molecule has 2 aromatic rings. The Labute approximate surface area is 143 Å². The second-order valence-corrected chi connectivity index (χ2v) is 7.83. The molecule has 0 aliphatic heterocycles. The van der Waals surface area contributed by atoms with Crippen molar-refractivity contribution < 1.29 is 25.9 Å². The maximum atomic E-state index is 11.4. The molecule has 12 heteroatoms. The van der Waals surface area contributed by atoms with Gasteiger partial charge in [0.2, 0.25) is 0 Å². The van der Waals surface area contributed by atoms with Crippen LogP contribution in [0.25, 0.3) is 0 Å². The fourth-order valence-electron chi connectivity index (χ4n) is 1.96. The number of azo groups is 1. The van der Waals surface area contributed by atoms with E-state index in [1.807, 2.05) is 0 Å². The van der Waals surface area contributed by atoms with Crippen LogP contribution < -0.4 is 11.5 Å². The highest BCUT2D eigenvalue weighted by molar-refractivity contribution is 7.86.